The van der Waals surface area contributed by atoms with Gasteiger partial charge in [-0.2, -0.15) is 0 Å². The molecule has 2 N–H and O–H groups in total. The maximum Gasteiger partial charge on any atom is 0.410 e. The molecule has 2 aliphatic rings. The maximum atomic E-state index is 12.6. The smallest absolute Gasteiger partial charge is 0.410 e. The van der Waals surface area contributed by atoms with Gasteiger partial charge in [0.15, 0.2) is 5.96 Å². The first-order valence-electron chi connectivity index (χ1n) is 11.6. The number of carbonyl (C=O) groups excluding carboxylic acids is 2. The van der Waals surface area contributed by atoms with Gasteiger partial charge in [0, 0.05) is 39.3 Å². The lowest BCUT2D eigenvalue weighted by Gasteiger charge is -2.36. The van der Waals surface area contributed by atoms with Gasteiger partial charge in [-0.05, 0) is 51.5 Å². The zero-order valence-corrected chi connectivity index (χ0v) is 22.4. The molecule has 0 radical (unpaired) electrons. The number of nitrogens with zero attached hydrogens (tertiary/aromatic N) is 4. The number of hydrogen-bond donors (Lipinski definition) is 1. The molecule has 2 heterocycles. The van der Waals surface area contributed by atoms with E-state index in [1.54, 1.807) is 4.90 Å². The average Bonchev–Trinajstić information content (AvgIpc) is 2.77. The summed E-state index contributed by atoms with van der Waals surface area (Å²) in [6.45, 7) is 9.39. The highest BCUT2D eigenvalue weighted by Gasteiger charge is 2.27. The third-order valence-electron chi connectivity index (χ3n) is 5.97. The number of hydrogen-bond acceptors (Lipinski definition) is 4. The SMILES string of the molecule is CC(C)(C)OC(=O)N1CCN(C(N)=NCC(=O)N2CCC(Cc3ccccc3)CC2)CC1.I. The van der Waals surface area contributed by atoms with E-state index in [0.29, 0.717) is 38.1 Å². The number of rotatable bonds is 4. The molecule has 9 heteroatoms. The minimum absolute atomic E-state index is 0. The van der Waals surface area contributed by atoms with Crippen LogP contribution in [-0.4, -0.2) is 84.1 Å². The van der Waals surface area contributed by atoms with Gasteiger partial charge in [-0.15, -0.1) is 24.0 Å². The van der Waals surface area contributed by atoms with Crippen molar-refractivity contribution in [3.8, 4) is 0 Å². The van der Waals surface area contributed by atoms with Gasteiger partial charge in [0.05, 0.1) is 0 Å². The second-order valence-electron chi connectivity index (χ2n) is 9.64. The Bertz CT molecular complexity index is 796. The van der Waals surface area contributed by atoms with Crippen molar-refractivity contribution in [1.29, 1.82) is 0 Å². The summed E-state index contributed by atoms with van der Waals surface area (Å²) in [5.74, 6) is 1.01. The van der Waals surface area contributed by atoms with E-state index in [4.69, 9.17) is 10.5 Å². The summed E-state index contributed by atoms with van der Waals surface area (Å²) >= 11 is 0. The third kappa shape index (κ3) is 8.68. The van der Waals surface area contributed by atoms with Crippen LogP contribution in [0.3, 0.4) is 0 Å². The summed E-state index contributed by atoms with van der Waals surface area (Å²) < 4.78 is 5.42. The van der Waals surface area contributed by atoms with Crippen LogP contribution in [0.15, 0.2) is 35.3 Å². The first-order chi connectivity index (χ1) is 15.2. The first-order valence-corrected chi connectivity index (χ1v) is 11.6. The lowest BCUT2D eigenvalue weighted by molar-refractivity contribution is -0.131. The highest BCUT2D eigenvalue weighted by atomic mass is 127. The Kier molecular flexibility index (Phi) is 10.2. The number of aliphatic imine (C=N–C) groups is 1. The minimum Gasteiger partial charge on any atom is -0.444 e. The number of piperidine rings is 1. The number of nitrogens with two attached hydrogens (primary N) is 1. The molecule has 0 aromatic heterocycles. The normalized spacial score (nSPS) is 18.0. The molecule has 2 fully saturated rings. The Labute approximate surface area is 214 Å². The highest BCUT2D eigenvalue weighted by molar-refractivity contribution is 14.0. The molecule has 2 saturated heterocycles. The van der Waals surface area contributed by atoms with E-state index in [0.717, 1.165) is 32.4 Å². The number of carbonyl (C=O) groups is 2. The molecule has 2 amide bonds. The van der Waals surface area contributed by atoms with Gasteiger partial charge in [-0.3, -0.25) is 4.79 Å². The monoisotopic (exact) mass is 571 g/mol. The van der Waals surface area contributed by atoms with Gasteiger partial charge >= 0.3 is 6.09 Å². The number of ether oxygens (including phenoxy) is 1. The fraction of sp³-hybridized carbons (Fsp3) is 0.625. The van der Waals surface area contributed by atoms with Gasteiger partial charge in [-0.1, -0.05) is 30.3 Å². The first kappa shape index (κ1) is 27.2. The molecule has 1 aromatic carbocycles. The minimum atomic E-state index is -0.509. The third-order valence-corrected chi connectivity index (χ3v) is 5.97. The van der Waals surface area contributed by atoms with Crippen LogP contribution in [0.5, 0.6) is 0 Å². The maximum absolute atomic E-state index is 12.6. The van der Waals surface area contributed by atoms with Crippen LogP contribution in [0, 0.1) is 5.92 Å². The predicted octanol–water partition coefficient (Wildman–Crippen LogP) is 2.95. The Morgan fingerprint density at radius 1 is 0.970 bits per heavy atom. The van der Waals surface area contributed by atoms with Gasteiger partial charge < -0.3 is 25.2 Å². The molecule has 0 aliphatic carbocycles. The number of guanidine groups is 1. The molecule has 184 valence electrons. The van der Waals surface area contributed by atoms with Crippen molar-refractivity contribution < 1.29 is 14.3 Å². The van der Waals surface area contributed by atoms with Gasteiger partial charge in [0.2, 0.25) is 5.91 Å². The predicted molar refractivity (Wildman–Crippen MR) is 141 cm³/mol. The lowest BCUT2D eigenvalue weighted by Crippen LogP contribution is -2.53. The molecule has 33 heavy (non-hydrogen) atoms. The summed E-state index contributed by atoms with van der Waals surface area (Å²) in [4.78, 5) is 34.6. The zero-order chi connectivity index (χ0) is 23.1. The molecule has 3 rings (SSSR count). The van der Waals surface area contributed by atoms with Gasteiger partial charge in [0.1, 0.15) is 12.1 Å². The molecule has 1 aromatic rings. The van der Waals surface area contributed by atoms with E-state index in [1.165, 1.54) is 5.56 Å². The number of likely N-dealkylation sites (tertiary alicyclic amines) is 1. The summed E-state index contributed by atoms with van der Waals surface area (Å²) in [5.41, 5.74) is 6.98. The van der Waals surface area contributed by atoms with E-state index in [9.17, 15) is 9.59 Å². The molecular weight excluding hydrogens is 533 g/mol. The van der Waals surface area contributed by atoms with E-state index in [2.05, 4.69) is 29.3 Å². The molecule has 0 atom stereocenters. The lowest BCUT2D eigenvalue weighted by atomic mass is 9.90. The van der Waals surface area contributed by atoms with Crippen molar-refractivity contribution in [3.63, 3.8) is 0 Å². The second-order valence-corrected chi connectivity index (χ2v) is 9.64. The fourth-order valence-electron chi connectivity index (χ4n) is 4.13. The highest BCUT2D eigenvalue weighted by Crippen LogP contribution is 2.21. The number of halogens is 1. The Morgan fingerprint density at radius 2 is 1.55 bits per heavy atom. The quantitative estimate of drug-likeness (QED) is 0.341. The van der Waals surface area contributed by atoms with Crippen LogP contribution < -0.4 is 5.73 Å². The van der Waals surface area contributed by atoms with Crippen LogP contribution >= 0.6 is 24.0 Å². The van der Waals surface area contributed by atoms with Crippen molar-refractivity contribution in [2.75, 3.05) is 45.8 Å². The van der Waals surface area contributed by atoms with E-state index >= 15 is 0 Å². The molecule has 0 unspecified atom stereocenters. The number of piperazine rings is 1. The van der Waals surface area contributed by atoms with E-state index in [1.807, 2.05) is 36.6 Å². The topological polar surface area (TPSA) is 91.5 Å². The Hall–Kier alpha value is -2.04. The van der Waals surface area contributed by atoms with Crippen LogP contribution in [0.2, 0.25) is 0 Å². The molecule has 0 bridgehead atoms. The van der Waals surface area contributed by atoms with Crippen LogP contribution in [0.4, 0.5) is 4.79 Å². The average molecular weight is 572 g/mol. The Balaban J connectivity index is 0.00000385. The molecule has 0 saturated carbocycles. The van der Waals surface area contributed by atoms with Crippen molar-refractivity contribution in [2.45, 2.75) is 45.6 Å². The molecular formula is C24H38IN5O3. The zero-order valence-electron chi connectivity index (χ0n) is 20.0. The van der Waals surface area contributed by atoms with E-state index in [-0.39, 0.29) is 42.5 Å². The standard InChI is InChI=1S/C24H37N5O3.HI/c1-24(2,3)32-23(31)29-15-13-28(14-16-29)22(25)26-18-21(30)27-11-9-20(10-12-27)17-19-7-5-4-6-8-19;/h4-8,20H,9-18H2,1-3H3,(H2,25,26);1H. The summed E-state index contributed by atoms with van der Waals surface area (Å²) in [7, 11) is 0. The van der Waals surface area contributed by atoms with Gasteiger partial charge in [0.25, 0.3) is 0 Å². The summed E-state index contributed by atoms with van der Waals surface area (Å²) in [6, 6.07) is 10.5. The second kappa shape index (κ2) is 12.4. The summed E-state index contributed by atoms with van der Waals surface area (Å²) in [5, 5.41) is 0. The van der Waals surface area contributed by atoms with Crippen LogP contribution in [0.1, 0.15) is 39.2 Å². The van der Waals surface area contributed by atoms with E-state index < -0.39 is 5.60 Å². The number of benzene rings is 1. The molecule has 0 spiro atoms. The molecule has 8 nitrogen and oxygen atoms in total. The fourth-order valence-corrected chi connectivity index (χ4v) is 4.13. The Morgan fingerprint density at radius 3 is 2.12 bits per heavy atom. The number of amides is 2. The summed E-state index contributed by atoms with van der Waals surface area (Å²) in [6.07, 6.45) is 2.81. The van der Waals surface area contributed by atoms with Crippen molar-refractivity contribution in [3.05, 3.63) is 35.9 Å². The van der Waals surface area contributed by atoms with Crippen molar-refractivity contribution >= 4 is 41.9 Å². The van der Waals surface area contributed by atoms with Gasteiger partial charge in [-0.25, -0.2) is 9.79 Å². The van der Waals surface area contributed by atoms with Crippen molar-refractivity contribution in [2.24, 2.45) is 16.6 Å². The van der Waals surface area contributed by atoms with Crippen LogP contribution in [-0.2, 0) is 16.0 Å². The van der Waals surface area contributed by atoms with Crippen LogP contribution in [0.25, 0.3) is 0 Å². The largest absolute Gasteiger partial charge is 0.444 e. The van der Waals surface area contributed by atoms with Crippen molar-refractivity contribution in [1.82, 2.24) is 14.7 Å². The molecule has 2 aliphatic heterocycles.